The molecule has 0 aliphatic carbocycles. The lowest BCUT2D eigenvalue weighted by atomic mass is 10.1. The SMILES string of the molecule is C=C(C)CC(NC(C)=O)C(=O)OCC. The third-order valence-corrected chi connectivity index (χ3v) is 1.50. The van der Waals surface area contributed by atoms with Crippen molar-refractivity contribution in [2.75, 3.05) is 6.61 Å². The molecule has 1 atom stereocenters. The van der Waals surface area contributed by atoms with Gasteiger partial charge >= 0.3 is 5.97 Å². The molecule has 0 spiro atoms. The van der Waals surface area contributed by atoms with Gasteiger partial charge < -0.3 is 10.1 Å². The van der Waals surface area contributed by atoms with Gasteiger partial charge in [-0.15, -0.1) is 6.58 Å². The zero-order chi connectivity index (χ0) is 11.1. The summed E-state index contributed by atoms with van der Waals surface area (Å²) >= 11 is 0. The van der Waals surface area contributed by atoms with E-state index in [2.05, 4.69) is 11.9 Å². The van der Waals surface area contributed by atoms with Crippen LogP contribution in [0.5, 0.6) is 0 Å². The van der Waals surface area contributed by atoms with E-state index in [0.717, 1.165) is 5.57 Å². The monoisotopic (exact) mass is 199 g/mol. The number of ether oxygens (including phenoxy) is 1. The number of rotatable bonds is 5. The number of carbonyl (C=O) groups is 2. The van der Waals surface area contributed by atoms with Gasteiger partial charge in [0.25, 0.3) is 0 Å². The highest BCUT2D eigenvalue weighted by atomic mass is 16.5. The van der Waals surface area contributed by atoms with E-state index < -0.39 is 12.0 Å². The highest BCUT2D eigenvalue weighted by Gasteiger charge is 2.20. The lowest BCUT2D eigenvalue weighted by Gasteiger charge is -2.15. The van der Waals surface area contributed by atoms with Crippen molar-refractivity contribution in [3.63, 3.8) is 0 Å². The van der Waals surface area contributed by atoms with Gasteiger partial charge in [0.15, 0.2) is 0 Å². The number of carbonyl (C=O) groups excluding carboxylic acids is 2. The summed E-state index contributed by atoms with van der Waals surface area (Å²) in [5.74, 6) is -0.657. The summed E-state index contributed by atoms with van der Waals surface area (Å²) in [5.41, 5.74) is 0.830. The summed E-state index contributed by atoms with van der Waals surface area (Å²) < 4.78 is 4.81. The van der Waals surface area contributed by atoms with Crippen LogP contribution in [0, 0.1) is 0 Å². The maximum absolute atomic E-state index is 11.3. The Morgan fingerprint density at radius 2 is 2.00 bits per heavy atom. The number of hydrogen-bond acceptors (Lipinski definition) is 3. The Hall–Kier alpha value is -1.32. The van der Waals surface area contributed by atoms with E-state index in [4.69, 9.17) is 4.74 Å². The van der Waals surface area contributed by atoms with Crippen molar-refractivity contribution in [3.8, 4) is 0 Å². The molecule has 1 unspecified atom stereocenters. The molecule has 1 amide bonds. The normalized spacial score (nSPS) is 11.6. The van der Waals surface area contributed by atoms with Gasteiger partial charge in [0.1, 0.15) is 6.04 Å². The van der Waals surface area contributed by atoms with Gasteiger partial charge in [-0.1, -0.05) is 5.57 Å². The van der Waals surface area contributed by atoms with Crippen LogP contribution in [0.4, 0.5) is 0 Å². The Labute approximate surface area is 84.3 Å². The molecule has 0 bridgehead atoms. The Balaban J connectivity index is 4.29. The molecule has 0 rings (SSSR count). The molecule has 0 aliphatic heterocycles. The Morgan fingerprint density at radius 1 is 1.43 bits per heavy atom. The Bertz CT molecular complexity index is 220. The van der Waals surface area contributed by atoms with E-state index in [9.17, 15) is 9.59 Å². The average molecular weight is 199 g/mol. The molecule has 0 aliphatic rings. The van der Waals surface area contributed by atoms with Crippen LogP contribution < -0.4 is 5.32 Å². The van der Waals surface area contributed by atoms with Crippen LogP contribution in [0.25, 0.3) is 0 Å². The van der Waals surface area contributed by atoms with Gasteiger partial charge in [-0.3, -0.25) is 4.79 Å². The molecule has 0 radical (unpaired) electrons. The highest BCUT2D eigenvalue weighted by molar-refractivity contribution is 5.83. The van der Waals surface area contributed by atoms with Crippen LogP contribution in [0.1, 0.15) is 27.2 Å². The lowest BCUT2D eigenvalue weighted by molar-refractivity contribution is -0.147. The maximum atomic E-state index is 11.3. The molecular formula is C10H17NO3. The third-order valence-electron chi connectivity index (χ3n) is 1.50. The quantitative estimate of drug-likeness (QED) is 0.531. The van der Waals surface area contributed by atoms with E-state index in [1.807, 2.05) is 0 Å². The molecule has 0 fully saturated rings. The number of nitrogens with one attached hydrogen (secondary N) is 1. The fourth-order valence-electron chi connectivity index (χ4n) is 1.03. The van der Waals surface area contributed by atoms with Gasteiger partial charge in [-0.2, -0.15) is 0 Å². The van der Waals surface area contributed by atoms with Gasteiger partial charge in [-0.25, -0.2) is 4.79 Å². The summed E-state index contributed by atoms with van der Waals surface area (Å²) in [6.07, 6.45) is 0.415. The van der Waals surface area contributed by atoms with E-state index >= 15 is 0 Å². The summed E-state index contributed by atoms with van der Waals surface area (Å²) in [5, 5.41) is 2.52. The molecule has 0 aromatic carbocycles. The zero-order valence-corrected chi connectivity index (χ0v) is 8.92. The topological polar surface area (TPSA) is 55.4 Å². The van der Waals surface area contributed by atoms with Crippen LogP contribution in [-0.2, 0) is 14.3 Å². The minimum Gasteiger partial charge on any atom is -0.464 e. The van der Waals surface area contributed by atoms with Crippen molar-refractivity contribution in [3.05, 3.63) is 12.2 Å². The Kier molecular flexibility index (Phi) is 5.60. The number of esters is 1. The first-order chi connectivity index (χ1) is 6.47. The first kappa shape index (κ1) is 12.7. The van der Waals surface area contributed by atoms with Crippen molar-refractivity contribution in [1.82, 2.24) is 5.32 Å². The van der Waals surface area contributed by atoms with E-state index in [0.29, 0.717) is 13.0 Å². The predicted octanol–water partition coefficient (Wildman–Crippen LogP) is 1.02. The molecule has 14 heavy (non-hydrogen) atoms. The first-order valence-electron chi connectivity index (χ1n) is 4.55. The van der Waals surface area contributed by atoms with Crippen molar-refractivity contribution in [1.29, 1.82) is 0 Å². The van der Waals surface area contributed by atoms with Crippen molar-refractivity contribution < 1.29 is 14.3 Å². The smallest absolute Gasteiger partial charge is 0.328 e. The lowest BCUT2D eigenvalue weighted by Crippen LogP contribution is -2.40. The maximum Gasteiger partial charge on any atom is 0.328 e. The van der Waals surface area contributed by atoms with Crippen molar-refractivity contribution in [2.24, 2.45) is 0 Å². The largest absolute Gasteiger partial charge is 0.464 e. The number of amides is 1. The second-order valence-corrected chi connectivity index (χ2v) is 3.17. The van der Waals surface area contributed by atoms with Gasteiger partial charge in [0.05, 0.1) is 6.61 Å². The molecule has 0 saturated heterocycles. The molecule has 0 aromatic heterocycles. The third kappa shape index (κ3) is 5.35. The van der Waals surface area contributed by atoms with Crippen LogP contribution in [0.3, 0.4) is 0 Å². The molecular weight excluding hydrogens is 182 g/mol. The molecule has 80 valence electrons. The summed E-state index contributed by atoms with van der Waals surface area (Å²) in [4.78, 5) is 22.1. The fraction of sp³-hybridized carbons (Fsp3) is 0.600. The summed E-state index contributed by atoms with van der Waals surface area (Å²) in [6, 6.07) is -0.607. The van der Waals surface area contributed by atoms with E-state index in [1.54, 1.807) is 13.8 Å². The second-order valence-electron chi connectivity index (χ2n) is 3.17. The molecule has 0 aromatic rings. The van der Waals surface area contributed by atoms with Crippen molar-refractivity contribution in [2.45, 2.75) is 33.2 Å². The van der Waals surface area contributed by atoms with E-state index in [1.165, 1.54) is 6.92 Å². The number of hydrogen-bond donors (Lipinski definition) is 1. The average Bonchev–Trinajstić information content (AvgIpc) is 2.01. The zero-order valence-electron chi connectivity index (χ0n) is 8.92. The van der Waals surface area contributed by atoms with Crippen molar-refractivity contribution >= 4 is 11.9 Å². The van der Waals surface area contributed by atoms with Gasteiger partial charge in [0, 0.05) is 6.92 Å². The second kappa shape index (κ2) is 6.18. The standard InChI is InChI=1S/C10H17NO3/c1-5-14-10(13)9(6-7(2)3)11-8(4)12/h9H,2,5-6H2,1,3-4H3,(H,11,12). The van der Waals surface area contributed by atoms with Gasteiger partial charge in [0.2, 0.25) is 5.91 Å². The molecule has 0 heterocycles. The van der Waals surface area contributed by atoms with Gasteiger partial charge in [-0.05, 0) is 20.3 Å². The minimum atomic E-state index is -0.607. The molecule has 1 N–H and O–H groups in total. The van der Waals surface area contributed by atoms with Crippen LogP contribution in [-0.4, -0.2) is 24.5 Å². The molecule has 4 nitrogen and oxygen atoms in total. The van der Waals surface area contributed by atoms with Crippen LogP contribution in [0.2, 0.25) is 0 Å². The highest BCUT2D eigenvalue weighted by Crippen LogP contribution is 2.03. The fourth-order valence-corrected chi connectivity index (χ4v) is 1.03. The molecule has 0 saturated carbocycles. The summed E-state index contributed by atoms with van der Waals surface area (Å²) in [7, 11) is 0. The van der Waals surface area contributed by atoms with Crippen LogP contribution >= 0.6 is 0 Å². The minimum absolute atomic E-state index is 0.246. The predicted molar refractivity (Wildman–Crippen MR) is 53.7 cm³/mol. The summed E-state index contributed by atoms with van der Waals surface area (Å²) in [6.45, 7) is 8.89. The Morgan fingerprint density at radius 3 is 2.36 bits per heavy atom. The van der Waals surface area contributed by atoms with Crippen LogP contribution in [0.15, 0.2) is 12.2 Å². The first-order valence-corrected chi connectivity index (χ1v) is 4.55. The molecule has 4 heteroatoms. The van der Waals surface area contributed by atoms with E-state index in [-0.39, 0.29) is 5.91 Å².